The van der Waals surface area contributed by atoms with E-state index in [-0.39, 0.29) is 23.0 Å². The van der Waals surface area contributed by atoms with E-state index >= 15 is 0 Å². The lowest BCUT2D eigenvalue weighted by atomic mass is 9.73. The van der Waals surface area contributed by atoms with Gasteiger partial charge in [-0.2, -0.15) is 0 Å². The van der Waals surface area contributed by atoms with Gasteiger partial charge in [0.1, 0.15) is 0 Å². The number of anilines is 2. The Morgan fingerprint density at radius 2 is 1.76 bits per heavy atom. The molecule has 0 amide bonds. The van der Waals surface area contributed by atoms with Crippen molar-refractivity contribution < 1.29 is 14.6 Å². The molecule has 1 heterocycles. The standard InChI is InChI=1S/C24H28N2O3/c1-13-8-16-17(9-14(13)2)26-23(15-6-7-19(27)21(10-15)29-5)22-18(25-16)11-24(3,4)12-20(22)28/h6-10,23,25-27H,11-12H2,1-5H3. The molecule has 2 aromatic carbocycles. The first kappa shape index (κ1) is 19.4. The first-order chi connectivity index (χ1) is 13.7. The van der Waals surface area contributed by atoms with Crippen LogP contribution in [0.3, 0.4) is 0 Å². The Morgan fingerprint density at radius 3 is 2.45 bits per heavy atom. The minimum Gasteiger partial charge on any atom is -0.504 e. The smallest absolute Gasteiger partial charge is 0.163 e. The Labute approximate surface area is 171 Å². The molecule has 3 N–H and O–H groups in total. The normalized spacial score (nSPS) is 20.2. The zero-order chi connectivity index (χ0) is 20.9. The zero-order valence-electron chi connectivity index (χ0n) is 17.6. The van der Waals surface area contributed by atoms with Crippen molar-refractivity contribution >= 4 is 17.2 Å². The van der Waals surface area contributed by atoms with Crippen molar-refractivity contribution in [2.45, 2.75) is 46.6 Å². The Hall–Kier alpha value is -2.95. The van der Waals surface area contributed by atoms with Gasteiger partial charge in [-0.1, -0.05) is 19.9 Å². The maximum atomic E-state index is 13.3. The van der Waals surface area contributed by atoms with Gasteiger partial charge in [-0.15, -0.1) is 0 Å². The van der Waals surface area contributed by atoms with Gasteiger partial charge in [0.15, 0.2) is 17.3 Å². The summed E-state index contributed by atoms with van der Waals surface area (Å²) in [7, 11) is 1.53. The summed E-state index contributed by atoms with van der Waals surface area (Å²) in [6.45, 7) is 8.45. The topological polar surface area (TPSA) is 70.6 Å². The maximum Gasteiger partial charge on any atom is 0.163 e. The highest BCUT2D eigenvalue weighted by Crippen LogP contribution is 2.46. The lowest BCUT2D eigenvalue weighted by Crippen LogP contribution is -2.31. The third kappa shape index (κ3) is 3.46. The van der Waals surface area contributed by atoms with E-state index in [0.29, 0.717) is 12.2 Å². The molecular formula is C24H28N2O3. The second-order valence-corrected chi connectivity index (χ2v) is 8.95. The van der Waals surface area contributed by atoms with Crippen LogP contribution in [0.5, 0.6) is 11.5 Å². The molecule has 1 atom stereocenters. The number of allylic oxidation sites excluding steroid dienone is 1. The predicted octanol–water partition coefficient (Wildman–Crippen LogP) is 5.24. The molecule has 2 aliphatic rings. The molecule has 0 radical (unpaired) electrons. The van der Waals surface area contributed by atoms with Gasteiger partial charge in [0.25, 0.3) is 0 Å². The van der Waals surface area contributed by atoms with Gasteiger partial charge >= 0.3 is 0 Å². The van der Waals surface area contributed by atoms with E-state index in [0.717, 1.165) is 34.6 Å². The quantitative estimate of drug-likeness (QED) is 0.652. The first-order valence-corrected chi connectivity index (χ1v) is 9.96. The number of Topliss-reactive ketones (excluding diaryl/α,β-unsaturated/α-hetero) is 1. The molecule has 4 rings (SSSR count). The summed E-state index contributed by atoms with van der Waals surface area (Å²) in [5, 5.41) is 17.2. The number of phenols is 1. The highest BCUT2D eigenvalue weighted by molar-refractivity contribution is 6.01. The number of phenolic OH excluding ortho intramolecular Hbond substituents is 1. The van der Waals surface area contributed by atoms with Crippen LogP contribution in [0, 0.1) is 19.3 Å². The number of benzene rings is 2. The molecule has 1 aliphatic heterocycles. The number of rotatable bonds is 2. The van der Waals surface area contributed by atoms with Crippen molar-refractivity contribution in [3.63, 3.8) is 0 Å². The summed E-state index contributed by atoms with van der Waals surface area (Å²) in [5.74, 6) is 0.627. The summed E-state index contributed by atoms with van der Waals surface area (Å²) in [4.78, 5) is 13.3. The van der Waals surface area contributed by atoms with Gasteiger partial charge in [-0.05, 0) is 66.6 Å². The molecule has 2 aromatic rings. The van der Waals surface area contributed by atoms with Gasteiger partial charge in [0.2, 0.25) is 0 Å². The highest BCUT2D eigenvalue weighted by atomic mass is 16.5. The van der Waals surface area contributed by atoms with E-state index < -0.39 is 0 Å². The van der Waals surface area contributed by atoms with Crippen LogP contribution < -0.4 is 15.4 Å². The third-order valence-corrected chi connectivity index (χ3v) is 5.97. The molecule has 0 spiro atoms. The minimum absolute atomic E-state index is 0.0835. The number of ether oxygens (including phenoxy) is 1. The summed E-state index contributed by atoms with van der Waals surface area (Å²) in [6.07, 6.45) is 1.31. The van der Waals surface area contributed by atoms with Crippen molar-refractivity contribution in [1.29, 1.82) is 0 Å². The molecule has 5 heteroatoms. The fraction of sp³-hybridized carbons (Fsp3) is 0.375. The number of carbonyl (C=O) groups is 1. The van der Waals surface area contributed by atoms with Gasteiger partial charge in [0.05, 0.1) is 24.5 Å². The van der Waals surface area contributed by atoms with E-state index in [2.05, 4.69) is 50.5 Å². The van der Waals surface area contributed by atoms with Crippen LogP contribution >= 0.6 is 0 Å². The van der Waals surface area contributed by atoms with E-state index in [4.69, 9.17) is 4.74 Å². The van der Waals surface area contributed by atoms with Crippen LogP contribution in [-0.4, -0.2) is 18.0 Å². The Balaban J connectivity index is 1.91. The van der Waals surface area contributed by atoms with Gasteiger partial charge in [-0.25, -0.2) is 0 Å². The van der Waals surface area contributed by atoms with Gasteiger partial charge < -0.3 is 20.5 Å². The number of aromatic hydroxyl groups is 1. The maximum absolute atomic E-state index is 13.3. The number of hydrogen-bond donors (Lipinski definition) is 3. The second-order valence-electron chi connectivity index (χ2n) is 8.95. The summed E-state index contributed by atoms with van der Waals surface area (Å²) in [6, 6.07) is 9.20. The van der Waals surface area contributed by atoms with Crippen LogP contribution in [0.1, 0.15) is 49.4 Å². The van der Waals surface area contributed by atoms with Gasteiger partial charge in [-0.3, -0.25) is 4.79 Å². The summed E-state index contributed by atoms with van der Waals surface area (Å²) >= 11 is 0. The summed E-state index contributed by atoms with van der Waals surface area (Å²) < 4.78 is 5.31. The van der Waals surface area contributed by atoms with Crippen LogP contribution in [0.25, 0.3) is 0 Å². The second kappa shape index (κ2) is 6.83. The van der Waals surface area contributed by atoms with Crippen LogP contribution in [0.2, 0.25) is 0 Å². The zero-order valence-corrected chi connectivity index (χ0v) is 17.6. The SMILES string of the molecule is COc1cc(C2Nc3cc(C)c(C)cc3NC3=C2C(=O)CC(C)(C)C3)ccc1O. The van der Waals surface area contributed by atoms with E-state index in [9.17, 15) is 9.90 Å². The molecule has 0 fully saturated rings. The monoisotopic (exact) mass is 392 g/mol. The van der Waals surface area contributed by atoms with Crippen LogP contribution in [-0.2, 0) is 4.79 Å². The molecule has 29 heavy (non-hydrogen) atoms. The lowest BCUT2D eigenvalue weighted by molar-refractivity contribution is -0.118. The molecular weight excluding hydrogens is 364 g/mol. The fourth-order valence-electron chi connectivity index (χ4n) is 4.33. The Morgan fingerprint density at radius 1 is 1.07 bits per heavy atom. The molecule has 0 saturated heterocycles. The number of fused-ring (bicyclic) bond motifs is 1. The lowest BCUT2D eigenvalue weighted by Gasteiger charge is -2.34. The molecule has 152 valence electrons. The molecule has 0 bridgehead atoms. The fourth-order valence-corrected chi connectivity index (χ4v) is 4.33. The third-order valence-electron chi connectivity index (χ3n) is 5.97. The number of hydrogen-bond acceptors (Lipinski definition) is 5. The molecule has 1 aliphatic carbocycles. The van der Waals surface area contributed by atoms with Crippen molar-refractivity contribution in [2.24, 2.45) is 5.41 Å². The molecule has 0 aromatic heterocycles. The first-order valence-electron chi connectivity index (χ1n) is 9.96. The largest absolute Gasteiger partial charge is 0.504 e. The number of ketones is 1. The molecule has 0 saturated carbocycles. The highest BCUT2D eigenvalue weighted by Gasteiger charge is 2.39. The van der Waals surface area contributed by atoms with E-state index in [1.54, 1.807) is 12.1 Å². The average molecular weight is 392 g/mol. The van der Waals surface area contributed by atoms with Gasteiger partial charge in [0, 0.05) is 17.7 Å². The number of nitrogens with one attached hydrogen (secondary N) is 2. The van der Waals surface area contributed by atoms with E-state index in [1.807, 2.05) is 6.07 Å². The van der Waals surface area contributed by atoms with Crippen molar-refractivity contribution in [3.8, 4) is 11.5 Å². The van der Waals surface area contributed by atoms with Crippen LogP contribution in [0.15, 0.2) is 41.6 Å². The Bertz CT molecular complexity index is 1040. The molecule has 5 nitrogen and oxygen atoms in total. The molecule has 1 unspecified atom stereocenters. The number of methoxy groups -OCH3 is 1. The summed E-state index contributed by atoms with van der Waals surface area (Å²) in [5.41, 5.74) is 6.86. The van der Waals surface area contributed by atoms with E-state index in [1.165, 1.54) is 18.2 Å². The van der Waals surface area contributed by atoms with Crippen molar-refractivity contribution in [3.05, 3.63) is 58.3 Å². The number of carbonyl (C=O) groups excluding carboxylic acids is 1. The number of aryl methyl sites for hydroxylation is 2. The van der Waals surface area contributed by atoms with Crippen LogP contribution in [0.4, 0.5) is 11.4 Å². The Kier molecular flexibility index (Phi) is 4.56. The predicted molar refractivity (Wildman–Crippen MR) is 116 cm³/mol. The minimum atomic E-state index is -0.320. The average Bonchev–Trinajstić information content (AvgIpc) is 2.78. The van der Waals surface area contributed by atoms with Crippen molar-refractivity contribution in [1.82, 2.24) is 0 Å². The van der Waals surface area contributed by atoms with Crippen molar-refractivity contribution in [2.75, 3.05) is 17.7 Å².